The molecule has 2 aliphatic heterocycles. The highest BCUT2D eigenvalue weighted by Crippen LogP contribution is 2.33. The Balaban J connectivity index is 1.62. The fourth-order valence-electron chi connectivity index (χ4n) is 4.28. The molecule has 2 fully saturated rings. The van der Waals surface area contributed by atoms with E-state index in [0.29, 0.717) is 6.04 Å². The van der Waals surface area contributed by atoms with Crippen LogP contribution in [-0.2, 0) is 16.1 Å². The molecule has 2 saturated heterocycles. The summed E-state index contributed by atoms with van der Waals surface area (Å²) in [4.78, 5) is 14.6. The van der Waals surface area contributed by atoms with E-state index in [1.807, 2.05) is 0 Å². The zero-order chi connectivity index (χ0) is 16.5. The number of nitrogens with zero attached hydrogens (tertiary/aromatic N) is 1. The Morgan fingerprint density at radius 1 is 1.25 bits per heavy atom. The molecule has 0 radical (unpaired) electrons. The van der Waals surface area contributed by atoms with Gasteiger partial charge in [-0.15, -0.1) is 0 Å². The lowest BCUT2D eigenvalue weighted by atomic mass is 9.88. The molecule has 4 heteroatoms. The number of fused-ring (bicyclic) bond motifs is 2. The van der Waals surface area contributed by atoms with Gasteiger partial charge < -0.3 is 10.1 Å². The summed E-state index contributed by atoms with van der Waals surface area (Å²) in [5.74, 6) is 0.149. The summed E-state index contributed by atoms with van der Waals surface area (Å²) < 4.78 is 5.92. The highest BCUT2D eigenvalue weighted by atomic mass is 16.5. The predicted octanol–water partition coefficient (Wildman–Crippen LogP) is 2.57. The fourth-order valence-corrected chi connectivity index (χ4v) is 4.28. The molecule has 2 aromatic rings. The molecule has 3 atom stereocenters. The Morgan fingerprint density at radius 2 is 2.08 bits per heavy atom. The molecular formula is C20H24N2O2. The van der Waals surface area contributed by atoms with E-state index in [9.17, 15) is 4.79 Å². The Bertz CT molecular complexity index is 740. The van der Waals surface area contributed by atoms with Gasteiger partial charge in [-0.3, -0.25) is 9.69 Å². The molecule has 0 aromatic heterocycles. The second-order valence-electron chi connectivity index (χ2n) is 6.88. The minimum Gasteiger partial charge on any atom is -0.377 e. The topological polar surface area (TPSA) is 41.6 Å². The number of hydrogen-bond donors (Lipinski definition) is 1. The summed E-state index contributed by atoms with van der Waals surface area (Å²) in [5.41, 5.74) is 1.33. The number of rotatable bonds is 3. The van der Waals surface area contributed by atoms with Crippen molar-refractivity contribution in [3.05, 3.63) is 48.0 Å². The third-order valence-corrected chi connectivity index (χ3v) is 5.49. The largest absolute Gasteiger partial charge is 0.377 e. The monoisotopic (exact) mass is 324 g/mol. The van der Waals surface area contributed by atoms with E-state index in [-0.39, 0.29) is 17.9 Å². The number of piperidine rings is 1. The second-order valence-corrected chi connectivity index (χ2v) is 6.88. The van der Waals surface area contributed by atoms with Crippen LogP contribution >= 0.6 is 0 Å². The molecule has 0 saturated carbocycles. The normalized spacial score (nSPS) is 27.1. The van der Waals surface area contributed by atoms with Gasteiger partial charge in [-0.25, -0.2) is 0 Å². The maximum absolute atomic E-state index is 12.2. The first-order valence-electron chi connectivity index (χ1n) is 8.80. The molecule has 1 amide bonds. The molecular weight excluding hydrogens is 300 g/mol. The molecule has 2 aliphatic rings. The molecule has 2 aromatic carbocycles. The van der Waals surface area contributed by atoms with Gasteiger partial charge in [0.25, 0.3) is 0 Å². The number of carbonyl (C=O) groups excluding carboxylic acids is 1. The van der Waals surface area contributed by atoms with Crippen LogP contribution in [0.1, 0.15) is 18.4 Å². The van der Waals surface area contributed by atoms with Crippen LogP contribution < -0.4 is 5.32 Å². The lowest BCUT2D eigenvalue weighted by Crippen LogP contribution is -2.52. The van der Waals surface area contributed by atoms with Crippen molar-refractivity contribution in [2.45, 2.75) is 31.5 Å². The van der Waals surface area contributed by atoms with Crippen LogP contribution in [0.2, 0.25) is 0 Å². The van der Waals surface area contributed by atoms with Crippen molar-refractivity contribution in [2.75, 3.05) is 20.2 Å². The van der Waals surface area contributed by atoms with Crippen LogP contribution in [0.5, 0.6) is 0 Å². The second kappa shape index (κ2) is 6.54. The van der Waals surface area contributed by atoms with E-state index in [1.54, 1.807) is 7.05 Å². The summed E-state index contributed by atoms with van der Waals surface area (Å²) in [7, 11) is 1.72. The number of ether oxygens (including phenoxy) is 1. The first-order chi connectivity index (χ1) is 11.8. The van der Waals surface area contributed by atoms with Gasteiger partial charge >= 0.3 is 0 Å². The lowest BCUT2D eigenvalue weighted by molar-refractivity contribution is -0.129. The Hall–Kier alpha value is -1.91. The standard InChI is InChI=1S/C20H24N2O2/c1-21-20(23)16-11-19-18(9-10-24-19)22(13-16)12-15-7-4-6-14-5-2-3-8-17(14)15/h2-8,16,18-19H,9-13H2,1H3,(H,21,23)/t16-,18+,19+/m0/s1. The maximum Gasteiger partial charge on any atom is 0.224 e. The Kier molecular flexibility index (Phi) is 4.25. The van der Waals surface area contributed by atoms with Crippen molar-refractivity contribution in [3.8, 4) is 0 Å². The van der Waals surface area contributed by atoms with Gasteiger partial charge in [-0.05, 0) is 29.2 Å². The summed E-state index contributed by atoms with van der Waals surface area (Å²) in [5, 5.41) is 5.38. The van der Waals surface area contributed by atoms with Gasteiger partial charge in [0.1, 0.15) is 0 Å². The minimum atomic E-state index is 0.0179. The third kappa shape index (κ3) is 2.80. The first-order valence-corrected chi connectivity index (χ1v) is 8.80. The molecule has 0 spiro atoms. The molecule has 24 heavy (non-hydrogen) atoms. The summed E-state index contributed by atoms with van der Waals surface area (Å²) in [6.45, 7) is 2.49. The average molecular weight is 324 g/mol. The number of hydrogen-bond acceptors (Lipinski definition) is 3. The molecule has 4 nitrogen and oxygen atoms in total. The highest BCUT2D eigenvalue weighted by Gasteiger charge is 2.41. The summed E-state index contributed by atoms with van der Waals surface area (Å²) >= 11 is 0. The molecule has 1 N–H and O–H groups in total. The molecule has 126 valence electrons. The van der Waals surface area contributed by atoms with E-state index in [1.165, 1.54) is 16.3 Å². The van der Waals surface area contributed by atoms with E-state index in [2.05, 4.69) is 52.7 Å². The number of benzene rings is 2. The van der Waals surface area contributed by atoms with Gasteiger partial charge in [0.15, 0.2) is 0 Å². The van der Waals surface area contributed by atoms with Crippen molar-refractivity contribution >= 4 is 16.7 Å². The highest BCUT2D eigenvalue weighted by molar-refractivity contribution is 5.85. The van der Waals surface area contributed by atoms with Crippen LogP contribution in [-0.4, -0.2) is 43.2 Å². The zero-order valence-electron chi connectivity index (χ0n) is 14.1. The smallest absolute Gasteiger partial charge is 0.224 e. The van der Waals surface area contributed by atoms with Crippen LogP contribution in [0, 0.1) is 5.92 Å². The fraction of sp³-hybridized carbons (Fsp3) is 0.450. The molecule has 4 rings (SSSR count). The summed E-state index contributed by atoms with van der Waals surface area (Å²) in [6, 6.07) is 15.4. The number of carbonyl (C=O) groups is 1. The molecule has 2 heterocycles. The number of nitrogens with one attached hydrogen (secondary N) is 1. The van der Waals surface area contributed by atoms with Crippen molar-refractivity contribution in [1.29, 1.82) is 0 Å². The van der Waals surface area contributed by atoms with Crippen LogP contribution in [0.4, 0.5) is 0 Å². The maximum atomic E-state index is 12.2. The van der Waals surface area contributed by atoms with Crippen molar-refractivity contribution in [3.63, 3.8) is 0 Å². The van der Waals surface area contributed by atoms with Gasteiger partial charge in [-0.1, -0.05) is 42.5 Å². The molecule has 0 aliphatic carbocycles. The SMILES string of the molecule is CNC(=O)[C@H]1C[C@H]2OCC[C@H]2N(Cc2cccc3ccccc23)C1. The number of amides is 1. The van der Waals surface area contributed by atoms with Gasteiger partial charge in [-0.2, -0.15) is 0 Å². The average Bonchev–Trinajstić information content (AvgIpc) is 3.10. The van der Waals surface area contributed by atoms with Crippen LogP contribution in [0.25, 0.3) is 10.8 Å². The van der Waals surface area contributed by atoms with E-state index < -0.39 is 0 Å². The zero-order valence-corrected chi connectivity index (χ0v) is 14.1. The quantitative estimate of drug-likeness (QED) is 0.943. The molecule has 0 unspecified atom stereocenters. The van der Waals surface area contributed by atoms with Crippen LogP contribution in [0.3, 0.4) is 0 Å². The van der Waals surface area contributed by atoms with Crippen molar-refractivity contribution in [2.24, 2.45) is 5.92 Å². The third-order valence-electron chi connectivity index (χ3n) is 5.49. The van der Waals surface area contributed by atoms with Crippen molar-refractivity contribution < 1.29 is 9.53 Å². The Morgan fingerprint density at radius 3 is 2.96 bits per heavy atom. The minimum absolute atomic E-state index is 0.0179. The van der Waals surface area contributed by atoms with Gasteiger partial charge in [0, 0.05) is 32.8 Å². The number of likely N-dealkylation sites (tertiary alicyclic amines) is 1. The Labute approximate surface area is 142 Å². The molecule has 0 bridgehead atoms. The van der Waals surface area contributed by atoms with Crippen LogP contribution in [0.15, 0.2) is 42.5 Å². The summed E-state index contributed by atoms with van der Waals surface area (Å²) in [6.07, 6.45) is 2.10. The van der Waals surface area contributed by atoms with E-state index in [4.69, 9.17) is 4.74 Å². The van der Waals surface area contributed by atoms with E-state index >= 15 is 0 Å². The van der Waals surface area contributed by atoms with Gasteiger partial charge in [0.05, 0.1) is 12.0 Å². The van der Waals surface area contributed by atoms with Crippen molar-refractivity contribution in [1.82, 2.24) is 10.2 Å². The first kappa shape index (κ1) is 15.6. The predicted molar refractivity (Wildman–Crippen MR) is 94.7 cm³/mol. The van der Waals surface area contributed by atoms with Gasteiger partial charge in [0.2, 0.25) is 5.91 Å². The lowest BCUT2D eigenvalue weighted by Gasteiger charge is -2.40. The van der Waals surface area contributed by atoms with E-state index in [0.717, 1.165) is 32.5 Å².